The zero-order chi connectivity index (χ0) is 16.2. The van der Waals surface area contributed by atoms with Crippen molar-refractivity contribution >= 4 is 0 Å². The summed E-state index contributed by atoms with van der Waals surface area (Å²) >= 11 is 0. The first-order valence-electron chi connectivity index (χ1n) is 7.59. The molecule has 1 saturated heterocycles. The van der Waals surface area contributed by atoms with Crippen molar-refractivity contribution in [3.8, 4) is 11.1 Å². The fraction of sp³-hybridized carbons (Fsp3) is 0.263. The van der Waals surface area contributed by atoms with Crippen molar-refractivity contribution in [2.75, 3.05) is 13.2 Å². The molecular weight excluding hydrogens is 298 g/mol. The predicted molar refractivity (Wildman–Crippen MR) is 84.7 cm³/mol. The van der Waals surface area contributed by atoms with E-state index in [-0.39, 0.29) is 12.2 Å². The number of rotatable bonds is 3. The molecule has 0 aromatic heterocycles. The molecule has 0 spiro atoms. The lowest BCUT2D eigenvalue weighted by atomic mass is 10.0. The molecule has 4 heteroatoms. The zero-order valence-corrected chi connectivity index (χ0v) is 12.8. The van der Waals surface area contributed by atoms with Gasteiger partial charge in [-0.2, -0.15) is 0 Å². The van der Waals surface area contributed by atoms with Gasteiger partial charge in [-0.25, -0.2) is 8.78 Å². The van der Waals surface area contributed by atoms with E-state index in [0.29, 0.717) is 18.8 Å². The average Bonchev–Trinajstić information content (AvgIpc) is 2.59. The number of benzene rings is 2. The van der Waals surface area contributed by atoms with Crippen LogP contribution in [0.1, 0.15) is 18.8 Å². The van der Waals surface area contributed by atoms with Crippen LogP contribution in [0.5, 0.6) is 0 Å². The largest absolute Gasteiger partial charge is 0.348 e. The van der Waals surface area contributed by atoms with Crippen LogP contribution in [-0.4, -0.2) is 13.2 Å². The van der Waals surface area contributed by atoms with Gasteiger partial charge in [-0.3, -0.25) is 0 Å². The lowest BCUT2D eigenvalue weighted by molar-refractivity contribution is -0.197. The molecule has 0 radical (unpaired) electrons. The van der Waals surface area contributed by atoms with Crippen LogP contribution in [0.4, 0.5) is 8.78 Å². The Morgan fingerprint density at radius 3 is 2.17 bits per heavy atom. The standard InChI is InChI=1S/C19H18F2O2/c1-2-3-13-11-22-19(23-12-13)15-6-4-14(5-7-15)16-8-9-17(20)18(21)10-16/h2-10,13,19H,11-12H2,1H3/b3-2+. The fourth-order valence-corrected chi connectivity index (χ4v) is 2.60. The van der Waals surface area contributed by atoms with Crippen LogP contribution < -0.4 is 0 Å². The summed E-state index contributed by atoms with van der Waals surface area (Å²) in [6.45, 7) is 3.23. The number of hydrogen-bond donors (Lipinski definition) is 0. The summed E-state index contributed by atoms with van der Waals surface area (Å²) in [5, 5.41) is 0. The summed E-state index contributed by atoms with van der Waals surface area (Å²) in [6, 6.07) is 11.4. The molecule has 2 aromatic rings. The molecule has 1 aliphatic rings. The van der Waals surface area contributed by atoms with Gasteiger partial charge in [0.1, 0.15) is 0 Å². The van der Waals surface area contributed by atoms with Gasteiger partial charge in [0.25, 0.3) is 0 Å². The molecule has 2 aromatic carbocycles. The third kappa shape index (κ3) is 3.66. The van der Waals surface area contributed by atoms with Gasteiger partial charge in [0.2, 0.25) is 0 Å². The molecule has 0 bridgehead atoms. The predicted octanol–water partition coefficient (Wildman–Crippen LogP) is 4.87. The van der Waals surface area contributed by atoms with Gasteiger partial charge in [-0.05, 0) is 30.2 Å². The highest BCUT2D eigenvalue weighted by Gasteiger charge is 2.21. The maximum absolute atomic E-state index is 13.3. The maximum Gasteiger partial charge on any atom is 0.183 e. The quantitative estimate of drug-likeness (QED) is 0.752. The third-order valence-electron chi connectivity index (χ3n) is 3.82. The van der Waals surface area contributed by atoms with E-state index in [1.807, 2.05) is 37.3 Å². The molecule has 1 heterocycles. The number of allylic oxidation sites excluding steroid dienone is 1. The summed E-state index contributed by atoms with van der Waals surface area (Å²) in [6.07, 6.45) is 3.69. The van der Waals surface area contributed by atoms with Crippen LogP contribution in [0.2, 0.25) is 0 Å². The Kier molecular flexibility index (Phi) is 4.84. The lowest BCUT2D eigenvalue weighted by Gasteiger charge is -2.28. The minimum atomic E-state index is -0.847. The van der Waals surface area contributed by atoms with Crippen molar-refractivity contribution in [2.45, 2.75) is 13.2 Å². The molecule has 0 aliphatic carbocycles. The van der Waals surface area contributed by atoms with Crippen LogP contribution in [0, 0.1) is 17.6 Å². The van der Waals surface area contributed by atoms with Gasteiger partial charge in [0.15, 0.2) is 17.9 Å². The fourth-order valence-electron chi connectivity index (χ4n) is 2.60. The van der Waals surface area contributed by atoms with Crippen molar-refractivity contribution < 1.29 is 18.3 Å². The molecule has 23 heavy (non-hydrogen) atoms. The van der Waals surface area contributed by atoms with Gasteiger partial charge in [0.05, 0.1) is 13.2 Å². The van der Waals surface area contributed by atoms with Crippen LogP contribution in [0.15, 0.2) is 54.6 Å². The van der Waals surface area contributed by atoms with E-state index in [1.54, 1.807) is 6.07 Å². The first-order valence-corrected chi connectivity index (χ1v) is 7.59. The summed E-state index contributed by atoms with van der Waals surface area (Å²) in [5.74, 6) is -1.40. The molecule has 120 valence electrons. The van der Waals surface area contributed by atoms with E-state index in [2.05, 4.69) is 6.08 Å². The van der Waals surface area contributed by atoms with Crippen molar-refractivity contribution in [2.24, 2.45) is 5.92 Å². The molecule has 0 N–H and O–H groups in total. The lowest BCUT2D eigenvalue weighted by Crippen LogP contribution is -2.25. The number of halogens is 2. The van der Waals surface area contributed by atoms with Crippen LogP contribution in [-0.2, 0) is 9.47 Å². The van der Waals surface area contributed by atoms with Gasteiger partial charge in [-0.1, -0.05) is 42.5 Å². The van der Waals surface area contributed by atoms with E-state index in [4.69, 9.17) is 9.47 Å². The van der Waals surface area contributed by atoms with Gasteiger partial charge >= 0.3 is 0 Å². The van der Waals surface area contributed by atoms with Crippen LogP contribution >= 0.6 is 0 Å². The van der Waals surface area contributed by atoms with E-state index in [9.17, 15) is 8.78 Å². The Bertz CT molecular complexity index is 687. The Balaban J connectivity index is 1.71. The molecule has 1 fully saturated rings. The topological polar surface area (TPSA) is 18.5 Å². The second-order valence-electron chi connectivity index (χ2n) is 5.54. The summed E-state index contributed by atoms with van der Waals surface area (Å²) in [5.41, 5.74) is 2.36. The Hall–Kier alpha value is -2.04. The summed E-state index contributed by atoms with van der Waals surface area (Å²) in [7, 11) is 0. The van der Waals surface area contributed by atoms with E-state index in [0.717, 1.165) is 17.2 Å². The monoisotopic (exact) mass is 316 g/mol. The number of hydrogen-bond acceptors (Lipinski definition) is 2. The molecule has 0 amide bonds. The van der Waals surface area contributed by atoms with Crippen molar-refractivity contribution in [3.63, 3.8) is 0 Å². The Morgan fingerprint density at radius 1 is 0.913 bits per heavy atom. The molecular formula is C19H18F2O2. The third-order valence-corrected chi connectivity index (χ3v) is 3.82. The first kappa shape index (κ1) is 15.8. The van der Waals surface area contributed by atoms with E-state index < -0.39 is 11.6 Å². The normalized spacial score (nSPS) is 21.7. The average molecular weight is 316 g/mol. The minimum absolute atomic E-state index is 0.290. The van der Waals surface area contributed by atoms with Crippen molar-refractivity contribution in [3.05, 3.63) is 71.8 Å². The molecule has 2 nitrogen and oxygen atoms in total. The highest BCUT2D eigenvalue weighted by atomic mass is 19.2. The van der Waals surface area contributed by atoms with Crippen LogP contribution in [0.3, 0.4) is 0 Å². The highest BCUT2D eigenvalue weighted by Crippen LogP contribution is 2.28. The minimum Gasteiger partial charge on any atom is -0.348 e. The molecule has 1 aliphatic heterocycles. The Labute approximate surface area is 134 Å². The Morgan fingerprint density at radius 2 is 1.57 bits per heavy atom. The zero-order valence-electron chi connectivity index (χ0n) is 12.8. The van der Waals surface area contributed by atoms with E-state index >= 15 is 0 Å². The molecule has 0 atom stereocenters. The van der Waals surface area contributed by atoms with Crippen LogP contribution in [0.25, 0.3) is 11.1 Å². The smallest absolute Gasteiger partial charge is 0.183 e. The second kappa shape index (κ2) is 7.02. The first-order chi connectivity index (χ1) is 11.2. The maximum atomic E-state index is 13.3. The molecule has 3 rings (SSSR count). The van der Waals surface area contributed by atoms with Gasteiger partial charge in [0, 0.05) is 11.5 Å². The van der Waals surface area contributed by atoms with Crippen molar-refractivity contribution in [1.29, 1.82) is 0 Å². The second-order valence-corrected chi connectivity index (χ2v) is 5.54. The molecule has 0 unspecified atom stereocenters. The SMILES string of the molecule is C/C=C/C1COC(c2ccc(-c3ccc(F)c(F)c3)cc2)OC1. The van der Waals surface area contributed by atoms with Gasteiger partial charge < -0.3 is 9.47 Å². The molecule has 0 saturated carbocycles. The van der Waals surface area contributed by atoms with Gasteiger partial charge in [-0.15, -0.1) is 0 Å². The highest BCUT2D eigenvalue weighted by molar-refractivity contribution is 5.63. The summed E-state index contributed by atoms with van der Waals surface area (Å²) in [4.78, 5) is 0. The summed E-state index contributed by atoms with van der Waals surface area (Å²) < 4.78 is 37.8. The number of ether oxygens (including phenoxy) is 2. The van der Waals surface area contributed by atoms with E-state index in [1.165, 1.54) is 6.07 Å². The van der Waals surface area contributed by atoms with Crippen molar-refractivity contribution in [1.82, 2.24) is 0 Å².